The number of rotatable bonds is 42. The quantitative estimate of drug-likeness (QED) is 0.0369. The fourth-order valence-corrected chi connectivity index (χ4v) is 7.28. The molecule has 0 aliphatic heterocycles. The van der Waals surface area contributed by atoms with Crippen molar-refractivity contribution in [1.29, 1.82) is 0 Å². The normalized spacial score (nSPS) is 12.1. The summed E-state index contributed by atoms with van der Waals surface area (Å²) in [6, 6.07) is -2.14. The van der Waals surface area contributed by atoms with E-state index in [-0.39, 0.29) is 19.3 Å². The van der Waals surface area contributed by atoms with Gasteiger partial charge in [0.1, 0.15) is 12.1 Å². The lowest BCUT2D eigenvalue weighted by Gasteiger charge is -2.27. The zero-order valence-corrected chi connectivity index (χ0v) is 37.5. The molecule has 0 saturated carbocycles. The van der Waals surface area contributed by atoms with Crippen LogP contribution in [0.2, 0.25) is 0 Å². The van der Waals surface area contributed by atoms with E-state index in [0.29, 0.717) is 25.8 Å². The molecule has 0 aromatic rings. The average Bonchev–Trinajstić information content (AvgIpc) is 3.19. The molecule has 11 heteroatoms. The SMILES string of the molecule is CCCCCCCCCCCCCCCCCC(=O)N(C(=O)CCCCCCCCCCCCCCCCC)[C@@H](CCC(=O)O)C(=O)O.NCCCC[C@H](N)C(=O)O. The number of hydrogen-bond donors (Lipinski definition) is 5. The molecule has 0 rings (SSSR count). The van der Waals surface area contributed by atoms with Gasteiger partial charge in [-0.1, -0.05) is 200 Å². The minimum absolute atomic E-state index is 0.125. The van der Waals surface area contributed by atoms with Gasteiger partial charge in [0, 0.05) is 19.3 Å². The predicted molar refractivity (Wildman–Crippen MR) is 238 cm³/mol. The molecule has 7 N–H and O–H groups in total. The van der Waals surface area contributed by atoms with Crippen molar-refractivity contribution in [2.45, 2.75) is 264 Å². The molecular weight excluding hydrogens is 735 g/mol. The van der Waals surface area contributed by atoms with Crippen LogP contribution in [0.5, 0.6) is 0 Å². The van der Waals surface area contributed by atoms with Gasteiger partial charge in [0.05, 0.1) is 0 Å². The summed E-state index contributed by atoms with van der Waals surface area (Å²) < 4.78 is 0. The van der Waals surface area contributed by atoms with Crippen LogP contribution < -0.4 is 11.5 Å². The average molecular weight is 826 g/mol. The first-order chi connectivity index (χ1) is 28.0. The molecule has 0 unspecified atom stereocenters. The van der Waals surface area contributed by atoms with Crippen LogP contribution in [0.3, 0.4) is 0 Å². The molecule has 0 radical (unpaired) electrons. The summed E-state index contributed by atoms with van der Waals surface area (Å²) in [5.74, 6) is -4.34. The molecule has 0 aliphatic rings. The second kappa shape index (κ2) is 44.0. The molecule has 0 spiro atoms. The van der Waals surface area contributed by atoms with Crippen LogP contribution in [0.15, 0.2) is 0 Å². The first kappa shape index (κ1) is 57.6. The molecule has 2 amide bonds. The zero-order chi connectivity index (χ0) is 43.5. The van der Waals surface area contributed by atoms with Gasteiger partial charge in [-0.05, 0) is 38.6 Å². The Bertz CT molecular complexity index is 949. The molecule has 2 atom stereocenters. The van der Waals surface area contributed by atoms with Gasteiger partial charge in [-0.3, -0.25) is 24.1 Å². The third-order valence-corrected chi connectivity index (χ3v) is 11.0. The number of carboxylic acid groups (broad SMARTS) is 3. The first-order valence-electron chi connectivity index (χ1n) is 24.0. The van der Waals surface area contributed by atoms with Gasteiger partial charge in [0.25, 0.3) is 0 Å². The van der Waals surface area contributed by atoms with Crippen LogP contribution in [-0.4, -0.2) is 68.6 Å². The van der Waals surface area contributed by atoms with E-state index < -0.39 is 48.2 Å². The van der Waals surface area contributed by atoms with Gasteiger partial charge < -0.3 is 26.8 Å². The van der Waals surface area contributed by atoms with E-state index in [9.17, 15) is 29.1 Å². The van der Waals surface area contributed by atoms with Crippen molar-refractivity contribution in [3.8, 4) is 0 Å². The Labute approximate surface area is 354 Å². The Balaban J connectivity index is 0. The molecule has 0 bridgehead atoms. The molecule has 58 heavy (non-hydrogen) atoms. The number of nitrogens with two attached hydrogens (primary N) is 2. The highest BCUT2D eigenvalue weighted by Crippen LogP contribution is 2.19. The summed E-state index contributed by atoms with van der Waals surface area (Å²) in [6.07, 6.45) is 38.1. The fourth-order valence-electron chi connectivity index (χ4n) is 7.28. The lowest BCUT2D eigenvalue weighted by atomic mass is 10.0. The highest BCUT2D eigenvalue weighted by molar-refractivity contribution is 5.99. The fraction of sp³-hybridized carbons (Fsp3) is 0.894. The van der Waals surface area contributed by atoms with E-state index in [1.54, 1.807) is 0 Å². The molecule has 0 heterocycles. The maximum absolute atomic E-state index is 13.2. The number of amides is 2. The summed E-state index contributed by atoms with van der Waals surface area (Å²) in [6.45, 7) is 5.11. The largest absolute Gasteiger partial charge is 0.481 e. The number of unbranched alkanes of at least 4 members (excludes halogenated alkanes) is 29. The number of nitrogens with zero attached hydrogens (tertiary/aromatic N) is 1. The monoisotopic (exact) mass is 826 g/mol. The van der Waals surface area contributed by atoms with Crippen LogP contribution in [0.1, 0.15) is 251 Å². The Morgan fingerprint density at radius 2 is 0.724 bits per heavy atom. The zero-order valence-electron chi connectivity index (χ0n) is 37.5. The topological polar surface area (TPSA) is 201 Å². The van der Waals surface area contributed by atoms with Crippen LogP contribution in [0.4, 0.5) is 0 Å². The van der Waals surface area contributed by atoms with Crippen molar-refractivity contribution in [2.75, 3.05) is 6.54 Å². The molecule has 0 aromatic heterocycles. The Morgan fingerprint density at radius 1 is 0.414 bits per heavy atom. The summed E-state index contributed by atoms with van der Waals surface area (Å²) >= 11 is 0. The van der Waals surface area contributed by atoms with E-state index in [2.05, 4.69) is 13.8 Å². The maximum atomic E-state index is 13.2. The van der Waals surface area contributed by atoms with Gasteiger partial charge in [-0.25, -0.2) is 4.79 Å². The van der Waals surface area contributed by atoms with E-state index in [0.717, 1.165) is 56.3 Å². The summed E-state index contributed by atoms with van der Waals surface area (Å²) in [5.41, 5.74) is 10.4. The van der Waals surface area contributed by atoms with E-state index in [4.69, 9.17) is 21.7 Å². The van der Waals surface area contributed by atoms with Gasteiger partial charge in [0.15, 0.2) is 0 Å². The molecule has 342 valence electrons. The Morgan fingerprint density at radius 3 is 0.983 bits per heavy atom. The number of carbonyl (C=O) groups excluding carboxylic acids is 2. The second-order valence-corrected chi connectivity index (χ2v) is 16.6. The van der Waals surface area contributed by atoms with Gasteiger partial charge in [-0.2, -0.15) is 0 Å². The summed E-state index contributed by atoms with van der Waals surface area (Å²) in [5, 5.41) is 27.3. The second-order valence-electron chi connectivity index (χ2n) is 16.6. The van der Waals surface area contributed by atoms with Crippen LogP contribution >= 0.6 is 0 Å². The van der Waals surface area contributed by atoms with Gasteiger partial charge >= 0.3 is 17.9 Å². The minimum atomic E-state index is -1.42. The van der Waals surface area contributed by atoms with Crippen LogP contribution in [0.25, 0.3) is 0 Å². The molecule has 0 aromatic carbocycles. The minimum Gasteiger partial charge on any atom is -0.481 e. The standard InChI is InChI=1S/C41H77NO6.C6H14N2O2/c1-3-5-7-9-11-13-15-17-19-21-23-25-27-29-31-33-38(43)42(37(41(47)48)35-36-40(45)46)39(44)34-32-30-28-26-24-22-20-18-16-14-12-10-8-6-4-2;7-4-2-1-3-5(8)6(9)10/h37H,3-36H2,1-2H3,(H,45,46)(H,47,48);5H,1-4,7-8H2,(H,9,10)/t37-;5-/m00/s1. The molecular formula is C47H91N3O8. The molecule has 11 nitrogen and oxygen atoms in total. The number of aliphatic carboxylic acids is 3. The number of carbonyl (C=O) groups is 5. The maximum Gasteiger partial charge on any atom is 0.326 e. The van der Waals surface area contributed by atoms with Crippen molar-refractivity contribution in [1.82, 2.24) is 4.90 Å². The number of carboxylic acids is 3. The number of hydrogen-bond acceptors (Lipinski definition) is 7. The Hall–Kier alpha value is -2.53. The molecule has 0 saturated heterocycles. The van der Waals surface area contributed by atoms with E-state index in [1.807, 2.05) is 0 Å². The lowest BCUT2D eigenvalue weighted by Crippen LogP contribution is -2.48. The first-order valence-corrected chi connectivity index (χ1v) is 24.0. The van der Waals surface area contributed by atoms with Gasteiger partial charge in [-0.15, -0.1) is 0 Å². The van der Waals surface area contributed by atoms with Crippen LogP contribution in [0, 0.1) is 0 Å². The summed E-state index contributed by atoms with van der Waals surface area (Å²) in [4.78, 5) is 60.6. The number of imide groups is 1. The third kappa shape index (κ3) is 39.0. The lowest BCUT2D eigenvalue weighted by molar-refractivity contribution is -0.159. The smallest absolute Gasteiger partial charge is 0.326 e. The van der Waals surface area contributed by atoms with Crippen molar-refractivity contribution in [3.05, 3.63) is 0 Å². The van der Waals surface area contributed by atoms with Crippen molar-refractivity contribution in [2.24, 2.45) is 11.5 Å². The highest BCUT2D eigenvalue weighted by atomic mass is 16.4. The molecule has 0 aliphatic carbocycles. The third-order valence-electron chi connectivity index (χ3n) is 11.0. The van der Waals surface area contributed by atoms with Gasteiger partial charge in [0.2, 0.25) is 11.8 Å². The molecule has 0 fully saturated rings. The predicted octanol–water partition coefficient (Wildman–Crippen LogP) is 11.7. The van der Waals surface area contributed by atoms with Crippen LogP contribution in [-0.2, 0) is 24.0 Å². The van der Waals surface area contributed by atoms with E-state index >= 15 is 0 Å². The summed E-state index contributed by atoms with van der Waals surface area (Å²) in [7, 11) is 0. The Kier molecular flexibility index (Phi) is 43.7. The van der Waals surface area contributed by atoms with Crippen molar-refractivity contribution in [3.63, 3.8) is 0 Å². The van der Waals surface area contributed by atoms with Crippen molar-refractivity contribution >= 4 is 29.7 Å². The van der Waals surface area contributed by atoms with E-state index in [1.165, 1.54) is 141 Å². The highest BCUT2D eigenvalue weighted by Gasteiger charge is 2.34. The van der Waals surface area contributed by atoms with Crippen molar-refractivity contribution < 1.29 is 39.3 Å².